The molecule has 0 radical (unpaired) electrons. The molecule has 20 heavy (non-hydrogen) atoms. The van der Waals surface area contributed by atoms with E-state index in [0.717, 1.165) is 5.56 Å². The Balaban J connectivity index is 0.00000361. The van der Waals surface area contributed by atoms with Crippen LogP contribution in [-0.4, -0.2) is 36.9 Å². The summed E-state index contributed by atoms with van der Waals surface area (Å²) in [7, 11) is 3.32. The van der Waals surface area contributed by atoms with Crippen LogP contribution in [0.5, 0.6) is 0 Å². The third kappa shape index (κ3) is 4.83. The predicted octanol–water partition coefficient (Wildman–Crippen LogP) is 1.16. The summed E-state index contributed by atoms with van der Waals surface area (Å²) in [4.78, 5) is 24.8. The van der Waals surface area contributed by atoms with Crippen molar-refractivity contribution in [2.24, 2.45) is 5.73 Å². The molecule has 0 aliphatic heterocycles. The largest absolute Gasteiger partial charge is 0.355 e. The van der Waals surface area contributed by atoms with Gasteiger partial charge in [0, 0.05) is 26.2 Å². The van der Waals surface area contributed by atoms with Crippen LogP contribution in [0.25, 0.3) is 0 Å². The summed E-state index contributed by atoms with van der Waals surface area (Å²) < 4.78 is 0. The van der Waals surface area contributed by atoms with Gasteiger partial charge in [0.15, 0.2) is 0 Å². The Kier molecular flexibility index (Phi) is 7.87. The Morgan fingerprint density at radius 2 is 1.85 bits per heavy atom. The zero-order valence-electron chi connectivity index (χ0n) is 12.1. The van der Waals surface area contributed by atoms with Gasteiger partial charge in [-0.3, -0.25) is 9.59 Å². The van der Waals surface area contributed by atoms with Gasteiger partial charge in [0.1, 0.15) is 0 Å². The van der Waals surface area contributed by atoms with Crippen LogP contribution >= 0.6 is 12.4 Å². The molecule has 0 aromatic heterocycles. The Labute approximate surface area is 125 Å². The second-order valence-corrected chi connectivity index (χ2v) is 4.49. The molecule has 2 amide bonds. The van der Waals surface area contributed by atoms with Crippen molar-refractivity contribution in [3.05, 3.63) is 35.4 Å². The second-order valence-electron chi connectivity index (χ2n) is 4.49. The lowest BCUT2D eigenvalue weighted by atomic mass is 10.1. The first-order valence-electron chi connectivity index (χ1n) is 6.31. The monoisotopic (exact) mass is 299 g/mol. The number of nitrogens with two attached hydrogens (primary N) is 1. The van der Waals surface area contributed by atoms with E-state index in [1.165, 1.54) is 0 Å². The molecular weight excluding hydrogens is 278 g/mol. The molecule has 0 saturated carbocycles. The number of carbonyl (C=O) groups excluding carboxylic acids is 2. The Hall–Kier alpha value is -1.59. The summed E-state index contributed by atoms with van der Waals surface area (Å²) in [6.45, 7) is 2.37. The van der Waals surface area contributed by atoms with Crippen molar-refractivity contribution >= 4 is 24.2 Å². The quantitative estimate of drug-likeness (QED) is 0.857. The van der Waals surface area contributed by atoms with E-state index in [0.29, 0.717) is 18.5 Å². The highest BCUT2D eigenvalue weighted by Gasteiger charge is 2.16. The smallest absolute Gasteiger partial charge is 0.251 e. The lowest BCUT2D eigenvalue weighted by molar-refractivity contribution is -0.131. The van der Waals surface area contributed by atoms with Gasteiger partial charge in [-0.15, -0.1) is 12.4 Å². The van der Waals surface area contributed by atoms with E-state index < -0.39 is 6.04 Å². The van der Waals surface area contributed by atoms with E-state index in [9.17, 15) is 9.59 Å². The van der Waals surface area contributed by atoms with Gasteiger partial charge in [0.05, 0.1) is 6.04 Å². The van der Waals surface area contributed by atoms with Crippen LogP contribution in [0.2, 0.25) is 0 Å². The minimum atomic E-state index is -0.449. The van der Waals surface area contributed by atoms with Gasteiger partial charge in [0.25, 0.3) is 5.91 Å². The maximum Gasteiger partial charge on any atom is 0.251 e. The van der Waals surface area contributed by atoms with Crippen molar-refractivity contribution in [3.63, 3.8) is 0 Å². The topological polar surface area (TPSA) is 75.4 Å². The van der Waals surface area contributed by atoms with Gasteiger partial charge >= 0.3 is 0 Å². The van der Waals surface area contributed by atoms with E-state index >= 15 is 0 Å². The molecule has 0 aliphatic carbocycles. The molecule has 1 rings (SSSR count). The number of carbonyl (C=O) groups is 2. The van der Waals surface area contributed by atoms with Gasteiger partial charge in [0.2, 0.25) is 5.91 Å². The average molecular weight is 300 g/mol. The lowest BCUT2D eigenvalue weighted by Crippen LogP contribution is -2.40. The van der Waals surface area contributed by atoms with Crippen LogP contribution in [-0.2, 0) is 11.3 Å². The molecular formula is C14H22ClN3O2. The number of amides is 2. The number of rotatable bonds is 5. The first-order valence-corrected chi connectivity index (χ1v) is 6.31. The highest BCUT2D eigenvalue weighted by Crippen LogP contribution is 2.08. The maximum atomic E-state index is 11.8. The second kappa shape index (κ2) is 8.55. The van der Waals surface area contributed by atoms with E-state index in [1.54, 1.807) is 31.1 Å². The number of likely N-dealkylation sites (N-methyl/N-ethyl adjacent to an activating group) is 1. The summed E-state index contributed by atoms with van der Waals surface area (Å²) in [5.74, 6) is -0.193. The third-order valence-corrected chi connectivity index (χ3v) is 3.00. The molecule has 1 aromatic carbocycles. The van der Waals surface area contributed by atoms with E-state index in [-0.39, 0.29) is 24.2 Å². The average Bonchev–Trinajstić information content (AvgIpc) is 2.45. The molecule has 0 fully saturated rings. The summed E-state index contributed by atoms with van der Waals surface area (Å²) >= 11 is 0. The molecule has 5 nitrogen and oxygen atoms in total. The molecule has 0 spiro atoms. The molecule has 0 unspecified atom stereocenters. The molecule has 112 valence electrons. The van der Waals surface area contributed by atoms with Gasteiger partial charge in [-0.05, 0) is 24.1 Å². The molecule has 0 aliphatic rings. The van der Waals surface area contributed by atoms with Gasteiger partial charge in [-0.2, -0.15) is 0 Å². The van der Waals surface area contributed by atoms with Crippen molar-refractivity contribution in [1.29, 1.82) is 0 Å². The van der Waals surface area contributed by atoms with E-state index in [1.807, 2.05) is 19.1 Å². The molecule has 1 aromatic rings. The van der Waals surface area contributed by atoms with Crippen LogP contribution in [0.1, 0.15) is 29.3 Å². The molecule has 0 saturated heterocycles. The standard InChI is InChI=1S/C14H21N3O2.ClH/c1-4-12(15)14(19)17(3)9-10-5-7-11(8-6-10)13(18)16-2;/h5-8,12H,4,9,15H2,1-3H3,(H,16,18);1H/t12-;/m0./s1. The summed E-state index contributed by atoms with van der Waals surface area (Å²) in [5.41, 5.74) is 7.28. The zero-order valence-corrected chi connectivity index (χ0v) is 12.9. The van der Waals surface area contributed by atoms with Crippen molar-refractivity contribution in [2.45, 2.75) is 25.9 Å². The zero-order chi connectivity index (χ0) is 14.4. The van der Waals surface area contributed by atoms with Gasteiger partial charge in [-0.25, -0.2) is 0 Å². The van der Waals surface area contributed by atoms with Crippen LogP contribution in [0.15, 0.2) is 24.3 Å². The van der Waals surface area contributed by atoms with Crippen LogP contribution in [0.3, 0.4) is 0 Å². The number of hydrogen-bond donors (Lipinski definition) is 2. The molecule has 6 heteroatoms. The van der Waals surface area contributed by atoms with Crippen molar-refractivity contribution in [1.82, 2.24) is 10.2 Å². The SMILES string of the molecule is CC[C@H](N)C(=O)N(C)Cc1ccc(C(=O)NC)cc1.Cl. The summed E-state index contributed by atoms with van der Waals surface area (Å²) in [5, 5.41) is 2.56. The van der Waals surface area contributed by atoms with Crippen LogP contribution in [0.4, 0.5) is 0 Å². The number of nitrogens with zero attached hydrogens (tertiary/aromatic N) is 1. The number of benzene rings is 1. The highest BCUT2D eigenvalue weighted by molar-refractivity contribution is 5.93. The minimum absolute atomic E-state index is 0. The van der Waals surface area contributed by atoms with Gasteiger partial charge in [-0.1, -0.05) is 19.1 Å². The first kappa shape index (κ1) is 18.4. The maximum absolute atomic E-state index is 11.8. The Bertz CT molecular complexity index is 448. The van der Waals surface area contributed by atoms with E-state index in [4.69, 9.17) is 5.73 Å². The Morgan fingerprint density at radius 1 is 1.30 bits per heavy atom. The van der Waals surface area contributed by atoms with Crippen LogP contribution < -0.4 is 11.1 Å². The van der Waals surface area contributed by atoms with Crippen molar-refractivity contribution < 1.29 is 9.59 Å². The fourth-order valence-electron chi connectivity index (χ4n) is 1.72. The Morgan fingerprint density at radius 3 is 2.30 bits per heavy atom. The van der Waals surface area contributed by atoms with Gasteiger partial charge < -0.3 is 16.0 Å². The highest BCUT2D eigenvalue weighted by atomic mass is 35.5. The third-order valence-electron chi connectivity index (χ3n) is 3.00. The lowest BCUT2D eigenvalue weighted by Gasteiger charge is -2.20. The number of halogens is 1. The van der Waals surface area contributed by atoms with Crippen LogP contribution in [0, 0.1) is 0 Å². The minimum Gasteiger partial charge on any atom is -0.355 e. The number of hydrogen-bond acceptors (Lipinski definition) is 3. The van der Waals surface area contributed by atoms with Crippen molar-refractivity contribution in [3.8, 4) is 0 Å². The summed E-state index contributed by atoms with van der Waals surface area (Å²) in [6, 6.07) is 6.71. The fourth-order valence-corrected chi connectivity index (χ4v) is 1.72. The molecule has 0 heterocycles. The molecule has 1 atom stereocenters. The molecule has 3 N–H and O–H groups in total. The predicted molar refractivity (Wildman–Crippen MR) is 81.8 cm³/mol. The fraction of sp³-hybridized carbons (Fsp3) is 0.429. The first-order chi connectivity index (χ1) is 8.99. The normalized spacial score (nSPS) is 11.2. The number of nitrogens with one attached hydrogen (secondary N) is 1. The summed E-state index contributed by atoms with van der Waals surface area (Å²) in [6.07, 6.45) is 0.624. The molecule has 0 bridgehead atoms. The van der Waals surface area contributed by atoms with E-state index in [2.05, 4.69) is 5.32 Å². The van der Waals surface area contributed by atoms with Crippen molar-refractivity contribution in [2.75, 3.05) is 14.1 Å².